The van der Waals surface area contributed by atoms with Gasteiger partial charge in [-0.1, -0.05) is 12.1 Å². The SMILES string of the molecule is CC(C)Oc1cccc2cc(C(N)=O)c(=Nc3ccc(O)cc3)oc12. The molecule has 0 fully saturated rings. The van der Waals surface area contributed by atoms with Gasteiger partial charge in [-0.3, -0.25) is 4.79 Å². The second-order valence-corrected chi connectivity index (χ2v) is 5.80. The molecule has 0 aliphatic carbocycles. The van der Waals surface area contributed by atoms with E-state index in [-0.39, 0.29) is 23.0 Å². The quantitative estimate of drug-likeness (QED) is 0.763. The van der Waals surface area contributed by atoms with Crippen LogP contribution < -0.4 is 16.0 Å². The number of phenolic OH excluding ortho intramolecular Hbond substituents is 1. The number of fused-ring (bicyclic) bond motifs is 1. The maximum Gasteiger partial charge on any atom is 0.254 e. The molecule has 0 unspecified atom stereocenters. The molecule has 0 aliphatic heterocycles. The van der Waals surface area contributed by atoms with E-state index in [2.05, 4.69) is 4.99 Å². The van der Waals surface area contributed by atoms with Crippen LogP contribution in [0.4, 0.5) is 5.69 Å². The molecule has 1 amide bonds. The van der Waals surface area contributed by atoms with E-state index < -0.39 is 5.91 Å². The van der Waals surface area contributed by atoms with Crippen molar-refractivity contribution >= 4 is 22.6 Å². The Hall–Kier alpha value is -3.28. The lowest BCUT2D eigenvalue weighted by Gasteiger charge is -2.11. The summed E-state index contributed by atoms with van der Waals surface area (Å²) in [6.07, 6.45) is -0.0332. The Kier molecular flexibility index (Phi) is 4.43. The minimum Gasteiger partial charge on any atom is -0.508 e. The number of amides is 1. The van der Waals surface area contributed by atoms with Crippen LogP contribution in [0.5, 0.6) is 11.5 Å². The van der Waals surface area contributed by atoms with Crippen LogP contribution in [0.25, 0.3) is 11.0 Å². The Bertz CT molecular complexity index is 988. The van der Waals surface area contributed by atoms with Crippen molar-refractivity contribution < 1.29 is 19.1 Å². The topological polar surface area (TPSA) is 98.1 Å². The van der Waals surface area contributed by atoms with Gasteiger partial charge >= 0.3 is 0 Å². The third-order valence-corrected chi connectivity index (χ3v) is 3.45. The lowest BCUT2D eigenvalue weighted by molar-refractivity contribution is 0.0996. The van der Waals surface area contributed by atoms with Crippen molar-refractivity contribution in [2.24, 2.45) is 10.7 Å². The summed E-state index contributed by atoms with van der Waals surface area (Å²) < 4.78 is 11.6. The molecule has 128 valence electrons. The Morgan fingerprint density at radius 1 is 1.20 bits per heavy atom. The summed E-state index contributed by atoms with van der Waals surface area (Å²) in [4.78, 5) is 16.1. The van der Waals surface area contributed by atoms with Gasteiger partial charge in [-0.2, -0.15) is 0 Å². The minimum absolute atomic E-state index is 0.0332. The van der Waals surface area contributed by atoms with Crippen LogP contribution in [0.3, 0.4) is 0 Å². The Morgan fingerprint density at radius 3 is 2.56 bits per heavy atom. The zero-order valence-electron chi connectivity index (χ0n) is 13.9. The number of ether oxygens (including phenoxy) is 1. The molecule has 25 heavy (non-hydrogen) atoms. The van der Waals surface area contributed by atoms with Crippen molar-refractivity contribution in [3.63, 3.8) is 0 Å². The van der Waals surface area contributed by atoms with Crippen LogP contribution in [-0.4, -0.2) is 17.1 Å². The number of hydrogen-bond donors (Lipinski definition) is 2. The molecule has 3 aromatic rings. The summed E-state index contributed by atoms with van der Waals surface area (Å²) in [7, 11) is 0. The average molecular weight is 338 g/mol. The van der Waals surface area contributed by atoms with Gasteiger partial charge in [0.25, 0.3) is 5.91 Å². The van der Waals surface area contributed by atoms with Crippen LogP contribution in [0.1, 0.15) is 24.2 Å². The molecule has 3 N–H and O–H groups in total. The highest BCUT2D eigenvalue weighted by atomic mass is 16.5. The summed E-state index contributed by atoms with van der Waals surface area (Å²) in [5.74, 6) is 0.0428. The van der Waals surface area contributed by atoms with Gasteiger partial charge in [0.2, 0.25) is 5.55 Å². The van der Waals surface area contributed by atoms with Gasteiger partial charge in [-0.05, 0) is 50.2 Å². The van der Waals surface area contributed by atoms with Crippen LogP contribution in [-0.2, 0) is 0 Å². The van der Waals surface area contributed by atoms with E-state index in [1.807, 2.05) is 26.0 Å². The average Bonchev–Trinajstić information content (AvgIpc) is 2.56. The van der Waals surface area contributed by atoms with E-state index >= 15 is 0 Å². The molecule has 6 heteroatoms. The van der Waals surface area contributed by atoms with Gasteiger partial charge in [0.05, 0.1) is 11.8 Å². The lowest BCUT2D eigenvalue weighted by Crippen LogP contribution is -2.21. The molecule has 0 atom stereocenters. The molecule has 0 spiro atoms. The van der Waals surface area contributed by atoms with E-state index in [1.165, 1.54) is 12.1 Å². The Morgan fingerprint density at radius 2 is 1.92 bits per heavy atom. The van der Waals surface area contributed by atoms with Gasteiger partial charge < -0.3 is 20.0 Å². The highest BCUT2D eigenvalue weighted by Gasteiger charge is 2.13. The maximum absolute atomic E-state index is 11.8. The number of aromatic hydroxyl groups is 1. The first-order valence-corrected chi connectivity index (χ1v) is 7.81. The van der Waals surface area contributed by atoms with Gasteiger partial charge in [0.15, 0.2) is 11.3 Å². The van der Waals surface area contributed by atoms with Crippen molar-refractivity contribution in [1.29, 1.82) is 0 Å². The number of carbonyl (C=O) groups excluding carboxylic acids is 1. The maximum atomic E-state index is 11.8. The monoisotopic (exact) mass is 338 g/mol. The molecule has 1 aromatic heterocycles. The molecule has 0 saturated heterocycles. The first kappa shape index (κ1) is 16.6. The fraction of sp³-hybridized carbons (Fsp3) is 0.158. The smallest absolute Gasteiger partial charge is 0.254 e. The fourth-order valence-electron chi connectivity index (χ4n) is 2.38. The fourth-order valence-corrected chi connectivity index (χ4v) is 2.38. The van der Waals surface area contributed by atoms with Gasteiger partial charge in [-0.15, -0.1) is 0 Å². The number of nitrogens with zero attached hydrogens (tertiary/aromatic N) is 1. The summed E-state index contributed by atoms with van der Waals surface area (Å²) in [5.41, 5.74) is 6.73. The number of carbonyl (C=O) groups is 1. The highest BCUT2D eigenvalue weighted by Crippen LogP contribution is 2.26. The Balaban J connectivity index is 2.26. The summed E-state index contributed by atoms with van der Waals surface area (Å²) >= 11 is 0. The number of benzene rings is 2. The molecule has 0 radical (unpaired) electrons. The molecule has 2 aromatic carbocycles. The molecule has 0 aliphatic rings. The number of para-hydroxylation sites is 1. The van der Waals surface area contributed by atoms with Crippen molar-refractivity contribution in [2.45, 2.75) is 20.0 Å². The normalized spacial score (nSPS) is 11.9. The number of phenols is 1. The van der Waals surface area contributed by atoms with Crippen LogP contribution in [0.15, 0.2) is 57.9 Å². The van der Waals surface area contributed by atoms with E-state index in [0.717, 1.165) is 0 Å². The molecule has 6 nitrogen and oxygen atoms in total. The largest absolute Gasteiger partial charge is 0.508 e. The first-order chi connectivity index (χ1) is 11.9. The number of nitrogens with two attached hydrogens (primary N) is 1. The van der Waals surface area contributed by atoms with Gasteiger partial charge in [0, 0.05) is 5.39 Å². The second kappa shape index (κ2) is 6.68. The predicted octanol–water partition coefficient (Wildman–Crippen LogP) is 3.26. The molecule has 1 heterocycles. The summed E-state index contributed by atoms with van der Waals surface area (Å²) in [6.45, 7) is 3.83. The van der Waals surface area contributed by atoms with E-state index in [0.29, 0.717) is 22.4 Å². The second-order valence-electron chi connectivity index (χ2n) is 5.80. The van der Waals surface area contributed by atoms with Gasteiger partial charge in [-0.25, -0.2) is 4.99 Å². The minimum atomic E-state index is -0.640. The summed E-state index contributed by atoms with van der Waals surface area (Å²) in [5, 5.41) is 10.1. The standard InChI is InChI=1S/C19H18N2O4/c1-11(2)24-16-5-3-4-12-10-15(18(20)23)19(25-17(12)16)21-13-6-8-14(22)9-7-13/h3-11,22H,1-2H3,(H2,20,23). The molecular weight excluding hydrogens is 320 g/mol. The van der Waals surface area contributed by atoms with E-state index in [1.54, 1.807) is 24.3 Å². The number of hydrogen-bond acceptors (Lipinski definition) is 5. The van der Waals surface area contributed by atoms with Crippen LogP contribution >= 0.6 is 0 Å². The molecule has 0 saturated carbocycles. The molecular formula is C19H18N2O4. The first-order valence-electron chi connectivity index (χ1n) is 7.81. The zero-order chi connectivity index (χ0) is 18.0. The van der Waals surface area contributed by atoms with Gasteiger partial charge in [0.1, 0.15) is 11.3 Å². The van der Waals surface area contributed by atoms with E-state index in [4.69, 9.17) is 14.9 Å². The molecule has 0 bridgehead atoms. The van der Waals surface area contributed by atoms with Crippen molar-refractivity contribution in [1.82, 2.24) is 0 Å². The summed E-state index contributed by atoms with van der Waals surface area (Å²) in [6, 6.07) is 13.3. The van der Waals surface area contributed by atoms with Crippen LogP contribution in [0.2, 0.25) is 0 Å². The number of primary amides is 1. The van der Waals surface area contributed by atoms with Crippen molar-refractivity contribution in [2.75, 3.05) is 0 Å². The van der Waals surface area contributed by atoms with Crippen LogP contribution in [0, 0.1) is 0 Å². The predicted molar refractivity (Wildman–Crippen MR) is 93.8 cm³/mol. The zero-order valence-corrected chi connectivity index (χ0v) is 13.9. The van der Waals surface area contributed by atoms with Crippen molar-refractivity contribution in [3.8, 4) is 11.5 Å². The molecule has 3 rings (SSSR count). The lowest BCUT2D eigenvalue weighted by atomic mass is 10.1. The van der Waals surface area contributed by atoms with E-state index in [9.17, 15) is 9.90 Å². The highest BCUT2D eigenvalue weighted by molar-refractivity contribution is 5.96. The van der Waals surface area contributed by atoms with Crippen molar-refractivity contribution in [3.05, 3.63) is 59.6 Å². The number of rotatable bonds is 4. The third-order valence-electron chi connectivity index (χ3n) is 3.45. The third kappa shape index (κ3) is 3.63. The Labute approximate surface area is 144 Å².